The molecule has 0 aliphatic heterocycles. The van der Waals surface area contributed by atoms with Crippen molar-refractivity contribution in [1.82, 2.24) is 10.2 Å². The molecule has 1 unspecified atom stereocenters. The average molecular weight is 200 g/mol. The molecule has 86 valence electrons. The SMILES string of the molecule is CC(C)C(CN(C)C)NCC(C)(C)C. The molecule has 0 amide bonds. The van der Waals surface area contributed by atoms with E-state index in [1.807, 2.05) is 0 Å². The fraction of sp³-hybridized carbons (Fsp3) is 1.00. The Morgan fingerprint density at radius 1 is 1.14 bits per heavy atom. The molecular formula is C12H28N2. The van der Waals surface area contributed by atoms with Crippen LogP contribution in [0.25, 0.3) is 0 Å². The molecule has 0 radical (unpaired) electrons. The van der Waals surface area contributed by atoms with Crippen LogP contribution in [0.3, 0.4) is 0 Å². The van der Waals surface area contributed by atoms with Gasteiger partial charge in [-0.05, 0) is 25.4 Å². The van der Waals surface area contributed by atoms with Crippen LogP contribution in [0.15, 0.2) is 0 Å². The fourth-order valence-electron chi connectivity index (χ4n) is 1.34. The van der Waals surface area contributed by atoms with Crippen LogP contribution in [0.5, 0.6) is 0 Å². The highest BCUT2D eigenvalue weighted by Gasteiger charge is 2.17. The summed E-state index contributed by atoms with van der Waals surface area (Å²) >= 11 is 0. The van der Waals surface area contributed by atoms with Crippen molar-refractivity contribution in [3.8, 4) is 0 Å². The van der Waals surface area contributed by atoms with Gasteiger partial charge in [0.1, 0.15) is 0 Å². The Kier molecular flexibility index (Phi) is 5.68. The third kappa shape index (κ3) is 7.34. The summed E-state index contributed by atoms with van der Waals surface area (Å²) < 4.78 is 0. The van der Waals surface area contributed by atoms with Gasteiger partial charge in [-0.2, -0.15) is 0 Å². The van der Waals surface area contributed by atoms with Gasteiger partial charge in [-0.15, -0.1) is 0 Å². The smallest absolute Gasteiger partial charge is 0.0217 e. The van der Waals surface area contributed by atoms with Crippen LogP contribution in [0, 0.1) is 11.3 Å². The van der Waals surface area contributed by atoms with Gasteiger partial charge in [0.15, 0.2) is 0 Å². The highest BCUT2D eigenvalue weighted by molar-refractivity contribution is 4.76. The summed E-state index contributed by atoms with van der Waals surface area (Å²) in [6.07, 6.45) is 0. The zero-order valence-electron chi connectivity index (χ0n) is 11.0. The second kappa shape index (κ2) is 5.72. The zero-order chi connectivity index (χ0) is 11.4. The molecule has 0 aromatic carbocycles. The van der Waals surface area contributed by atoms with E-state index in [1.165, 1.54) is 0 Å². The summed E-state index contributed by atoms with van der Waals surface area (Å²) in [4.78, 5) is 2.25. The van der Waals surface area contributed by atoms with E-state index < -0.39 is 0 Å². The molecule has 1 atom stereocenters. The first-order valence-corrected chi connectivity index (χ1v) is 5.60. The Balaban J connectivity index is 3.98. The largest absolute Gasteiger partial charge is 0.312 e. The minimum absolute atomic E-state index is 0.374. The van der Waals surface area contributed by atoms with Crippen molar-refractivity contribution >= 4 is 0 Å². The van der Waals surface area contributed by atoms with E-state index in [2.05, 4.69) is 58.9 Å². The minimum atomic E-state index is 0.374. The maximum atomic E-state index is 3.65. The Labute approximate surface area is 90.1 Å². The van der Waals surface area contributed by atoms with Gasteiger partial charge in [0.2, 0.25) is 0 Å². The van der Waals surface area contributed by atoms with Gasteiger partial charge in [-0.25, -0.2) is 0 Å². The van der Waals surface area contributed by atoms with Crippen LogP contribution >= 0.6 is 0 Å². The molecule has 0 aliphatic carbocycles. The summed E-state index contributed by atoms with van der Waals surface area (Å²) in [7, 11) is 4.27. The van der Waals surface area contributed by atoms with Crippen LogP contribution in [-0.2, 0) is 0 Å². The van der Waals surface area contributed by atoms with Crippen LogP contribution in [-0.4, -0.2) is 38.1 Å². The third-order valence-corrected chi connectivity index (χ3v) is 2.26. The first-order valence-electron chi connectivity index (χ1n) is 5.60. The zero-order valence-corrected chi connectivity index (χ0v) is 11.0. The molecule has 2 nitrogen and oxygen atoms in total. The Hall–Kier alpha value is -0.0800. The van der Waals surface area contributed by atoms with Crippen molar-refractivity contribution < 1.29 is 0 Å². The molecule has 0 heterocycles. The van der Waals surface area contributed by atoms with E-state index in [4.69, 9.17) is 0 Å². The number of rotatable bonds is 5. The molecule has 0 spiro atoms. The Bertz CT molecular complexity index is 145. The van der Waals surface area contributed by atoms with Gasteiger partial charge in [0.25, 0.3) is 0 Å². The topological polar surface area (TPSA) is 15.3 Å². The Morgan fingerprint density at radius 3 is 1.93 bits per heavy atom. The highest BCUT2D eigenvalue weighted by atomic mass is 15.1. The van der Waals surface area contributed by atoms with Crippen molar-refractivity contribution in [3.05, 3.63) is 0 Å². The third-order valence-electron chi connectivity index (χ3n) is 2.26. The first-order chi connectivity index (χ1) is 6.22. The van der Waals surface area contributed by atoms with Gasteiger partial charge in [0, 0.05) is 19.1 Å². The fourth-order valence-corrected chi connectivity index (χ4v) is 1.34. The molecule has 0 bridgehead atoms. The number of hydrogen-bond donors (Lipinski definition) is 1. The maximum Gasteiger partial charge on any atom is 0.0217 e. The standard InChI is InChI=1S/C12H28N2/c1-10(2)11(8-14(6)7)13-9-12(3,4)5/h10-11,13H,8-9H2,1-7H3. The van der Waals surface area contributed by atoms with Crippen molar-refractivity contribution in [2.75, 3.05) is 27.2 Å². The lowest BCUT2D eigenvalue weighted by Gasteiger charge is -2.29. The second-order valence-electron chi connectivity index (χ2n) is 6.05. The minimum Gasteiger partial charge on any atom is -0.312 e. The van der Waals surface area contributed by atoms with Crippen LogP contribution in [0.1, 0.15) is 34.6 Å². The molecule has 1 N–H and O–H groups in total. The molecule has 0 saturated carbocycles. The van der Waals surface area contributed by atoms with Crippen LogP contribution < -0.4 is 5.32 Å². The van der Waals surface area contributed by atoms with E-state index in [-0.39, 0.29) is 0 Å². The predicted molar refractivity (Wildman–Crippen MR) is 64.6 cm³/mol. The molecule has 0 aromatic heterocycles. The van der Waals surface area contributed by atoms with Crippen LogP contribution in [0.2, 0.25) is 0 Å². The van der Waals surface area contributed by atoms with E-state index >= 15 is 0 Å². The first kappa shape index (κ1) is 13.9. The second-order valence-corrected chi connectivity index (χ2v) is 6.05. The molecular weight excluding hydrogens is 172 g/mol. The number of nitrogens with one attached hydrogen (secondary N) is 1. The monoisotopic (exact) mass is 200 g/mol. The van der Waals surface area contributed by atoms with E-state index in [0.29, 0.717) is 17.4 Å². The van der Waals surface area contributed by atoms with E-state index in [0.717, 1.165) is 13.1 Å². The number of hydrogen-bond acceptors (Lipinski definition) is 2. The summed E-state index contributed by atoms with van der Waals surface area (Å²) in [5.74, 6) is 0.694. The summed E-state index contributed by atoms with van der Waals surface area (Å²) in [5, 5.41) is 3.65. The molecule has 0 fully saturated rings. The quantitative estimate of drug-likeness (QED) is 0.732. The lowest BCUT2D eigenvalue weighted by atomic mass is 9.95. The van der Waals surface area contributed by atoms with Gasteiger partial charge in [-0.1, -0.05) is 34.6 Å². The molecule has 0 saturated heterocycles. The van der Waals surface area contributed by atoms with Crippen molar-refractivity contribution in [3.63, 3.8) is 0 Å². The Morgan fingerprint density at radius 2 is 1.64 bits per heavy atom. The van der Waals surface area contributed by atoms with Gasteiger partial charge in [0.05, 0.1) is 0 Å². The normalized spacial score (nSPS) is 15.2. The summed E-state index contributed by atoms with van der Waals surface area (Å²) in [6, 6.07) is 0.601. The molecule has 0 rings (SSSR count). The van der Waals surface area contributed by atoms with E-state index in [1.54, 1.807) is 0 Å². The van der Waals surface area contributed by atoms with Gasteiger partial charge in [-0.3, -0.25) is 0 Å². The molecule has 0 aromatic rings. The van der Waals surface area contributed by atoms with Gasteiger partial charge >= 0.3 is 0 Å². The average Bonchev–Trinajstić information content (AvgIpc) is 1.94. The molecule has 2 heteroatoms. The number of likely N-dealkylation sites (N-methyl/N-ethyl adjacent to an activating group) is 1. The van der Waals surface area contributed by atoms with Gasteiger partial charge < -0.3 is 10.2 Å². The van der Waals surface area contributed by atoms with Crippen LogP contribution in [0.4, 0.5) is 0 Å². The van der Waals surface area contributed by atoms with Crippen molar-refractivity contribution in [1.29, 1.82) is 0 Å². The summed E-state index contributed by atoms with van der Waals surface area (Å²) in [6.45, 7) is 13.6. The molecule has 0 aliphatic rings. The van der Waals surface area contributed by atoms with Crippen molar-refractivity contribution in [2.45, 2.75) is 40.7 Å². The van der Waals surface area contributed by atoms with E-state index in [9.17, 15) is 0 Å². The number of nitrogens with zero attached hydrogens (tertiary/aromatic N) is 1. The lowest BCUT2D eigenvalue weighted by Crippen LogP contribution is -2.45. The maximum absolute atomic E-state index is 3.65. The highest BCUT2D eigenvalue weighted by Crippen LogP contribution is 2.12. The molecule has 14 heavy (non-hydrogen) atoms. The van der Waals surface area contributed by atoms with Crippen molar-refractivity contribution in [2.24, 2.45) is 11.3 Å². The summed E-state index contributed by atoms with van der Waals surface area (Å²) in [5.41, 5.74) is 0.374. The predicted octanol–water partition coefficient (Wildman–Crippen LogP) is 2.21. The lowest BCUT2D eigenvalue weighted by molar-refractivity contribution is 0.259.